The first kappa shape index (κ1) is 14.4. The Morgan fingerprint density at radius 1 is 1.24 bits per heavy atom. The van der Waals surface area contributed by atoms with Crippen LogP contribution in [0.3, 0.4) is 0 Å². The zero-order valence-electron chi connectivity index (χ0n) is 11.8. The van der Waals surface area contributed by atoms with Crippen molar-refractivity contribution in [3.8, 4) is 12.1 Å². The number of hydrogen-bond acceptors (Lipinski definition) is 3. The molecular weight excluding hydrogens is 260 g/mol. The van der Waals surface area contributed by atoms with Crippen molar-refractivity contribution in [2.75, 3.05) is 0 Å². The van der Waals surface area contributed by atoms with E-state index in [1.54, 1.807) is 19.1 Å². The monoisotopic (exact) mass is 274 g/mol. The maximum atomic E-state index is 8.94. The quantitative estimate of drug-likeness (QED) is 0.711. The molecule has 3 heteroatoms. The first-order valence-corrected chi connectivity index (χ1v) is 6.49. The summed E-state index contributed by atoms with van der Waals surface area (Å²) in [5.74, 6) is 1.25. The predicted octanol–water partition coefficient (Wildman–Crippen LogP) is 4.15. The number of allylic oxidation sites excluding steroid dienone is 12. The largest absolute Gasteiger partial charge is 0.462 e. The van der Waals surface area contributed by atoms with Crippen molar-refractivity contribution in [3.63, 3.8) is 0 Å². The van der Waals surface area contributed by atoms with Crippen LogP contribution < -0.4 is 0 Å². The molecule has 0 bridgehead atoms. The molecule has 0 aromatic heterocycles. The summed E-state index contributed by atoms with van der Waals surface area (Å²) in [4.78, 5) is 0. The molecule has 0 amide bonds. The Morgan fingerprint density at radius 2 is 2.00 bits per heavy atom. The van der Waals surface area contributed by atoms with Gasteiger partial charge in [0.25, 0.3) is 0 Å². The molecule has 1 aliphatic carbocycles. The first-order valence-electron chi connectivity index (χ1n) is 6.49. The lowest BCUT2D eigenvalue weighted by Crippen LogP contribution is -1.97. The van der Waals surface area contributed by atoms with Gasteiger partial charge < -0.3 is 4.74 Å². The minimum Gasteiger partial charge on any atom is -0.462 e. The summed E-state index contributed by atoms with van der Waals surface area (Å²) < 4.78 is 5.58. The Kier molecular flexibility index (Phi) is 4.39. The zero-order valence-corrected chi connectivity index (χ0v) is 11.8. The number of nitrogens with zero attached hydrogens (tertiary/aromatic N) is 2. The van der Waals surface area contributed by atoms with E-state index in [0.29, 0.717) is 17.1 Å². The van der Waals surface area contributed by atoms with Crippen molar-refractivity contribution < 1.29 is 4.74 Å². The minimum atomic E-state index is 0.0802. The standard InChI is InChI=1S/C18H14N2O/c1-13-3-5-15(6-4-13)7-8-18-10-16(9-14(2)21-18)17(11-19)12-20/h3,5-10H,1,4H2,2H3. The summed E-state index contributed by atoms with van der Waals surface area (Å²) in [5, 5.41) is 17.9. The molecule has 102 valence electrons. The molecule has 0 fully saturated rings. The lowest BCUT2D eigenvalue weighted by molar-refractivity contribution is 0.317. The van der Waals surface area contributed by atoms with Crippen LogP contribution in [0.2, 0.25) is 0 Å². The van der Waals surface area contributed by atoms with E-state index in [4.69, 9.17) is 15.3 Å². The highest BCUT2D eigenvalue weighted by atomic mass is 16.5. The second-order valence-electron chi connectivity index (χ2n) is 4.69. The molecule has 0 aromatic carbocycles. The van der Waals surface area contributed by atoms with Crippen molar-refractivity contribution in [1.82, 2.24) is 0 Å². The van der Waals surface area contributed by atoms with Crippen molar-refractivity contribution in [1.29, 1.82) is 10.5 Å². The summed E-state index contributed by atoms with van der Waals surface area (Å²) in [7, 11) is 0. The summed E-state index contributed by atoms with van der Waals surface area (Å²) in [6, 6.07) is 3.78. The van der Waals surface area contributed by atoms with Gasteiger partial charge >= 0.3 is 0 Å². The van der Waals surface area contributed by atoms with Gasteiger partial charge in [0.2, 0.25) is 0 Å². The molecule has 21 heavy (non-hydrogen) atoms. The smallest absolute Gasteiger partial charge is 0.137 e. The molecule has 0 saturated heterocycles. The van der Waals surface area contributed by atoms with Crippen LogP contribution in [0.1, 0.15) is 13.3 Å². The van der Waals surface area contributed by atoms with Crippen LogP contribution in [0, 0.1) is 22.7 Å². The lowest BCUT2D eigenvalue weighted by Gasteiger charge is -2.13. The van der Waals surface area contributed by atoms with Gasteiger partial charge in [-0.2, -0.15) is 10.5 Å². The predicted molar refractivity (Wildman–Crippen MR) is 81.3 cm³/mol. The Morgan fingerprint density at radius 3 is 2.62 bits per heavy atom. The van der Waals surface area contributed by atoms with Crippen LogP contribution in [0.4, 0.5) is 0 Å². The van der Waals surface area contributed by atoms with Gasteiger partial charge in [0, 0.05) is 5.57 Å². The molecule has 0 atom stereocenters. The van der Waals surface area contributed by atoms with E-state index in [1.807, 2.05) is 36.4 Å². The van der Waals surface area contributed by atoms with Gasteiger partial charge in [0.05, 0.1) is 0 Å². The second-order valence-corrected chi connectivity index (χ2v) is 4.69. The van der Waals surface area contributed by atoms with Crippen LogP contribution in [-0.2, 0) is 4.74 Å². The molecule has 1 heterocycles. The Hall–Kier alpha value is -3.04. The molecule has 0 aromatic rings. The SMILES string of the molecule is C=C1C=CC(C=CC2=CC(=C(C#N)C#N)C=C(C)O2)=CC1. The molecule has 0 unspecified atom stereocenters. The van der Waals surface area contributed by atoms with Gasteiger partial charge in [-0.05, 0) is 37.1 Å². The number of hydrogen-bond donors (Lipinski definition) is 0. The highest BCUT2D eigenvalue weighted by molar-refractivity contribution is 5.53. The summed E-state index contributed by atoms with van der Waals surface area (Å²) in [6.45, 7) is 5.68. The molecular formula is C18H14N2O. The van der Waals surface area contributed by atoms with Crippen LogP contribution in [0.5, 0.6) is 0 Å². The normalized spacial score (nSPS) is 17.4. The molecule has 3 nitrogen and oxygen atoms in total. The molecule has 0 spiro atoms. The van der Waals surface area contributed by atoms with E-state index in [2.05, 4.69) is 12.7 Å². The first-order chi connectivity index (χ1) is 10.1. The van der Waals surface area contributed by atoms with E-state index < -0.39 is 0 Å². The Labute approximate surface area is 124 Å². The zero-order chi connectivity index (χ0) is 15.2. The average Bonchev–Trinajstić information content (AvgIpc) is 2.47. The highest BCUT2D eigenvalue weighted by Crippen LogP contribution is 2.23. The fourth-order valence-corrected chi connectivity index (χ4v) is 1.94. The number of rotatable bonds is 2. The third-order valence-electron chi connectivity index (χ3n) is 3.00. The topological polar surface area (TPSA) is 56.8 Å². The van der Waals surface area contributed by atoms with Gasteiger partial charge in [-0.15, -0.1) is 0 Å². The molecule has 0 saturated carbocycles. The molecule has 0 N–H and O–H groups in total. The lowest BCUT2D eigenvalue weighted by atomic mass is 10.0. The van der Waals surface area contributed by atoms with Crippen molar-refractivity contribution >= 4 is 0 Å². The van der Waals surface area contributed by atoms with Crippen molar-refractivity contribution in [2.45, 2.75) is 13.3 Å². The van der Waals surface area contributed by atoms with Gasteiger partial charge in [-0.25, -0.2) is 0 Å². The third-order valence-corrected chi connectivity index (χ3v) is 3.00. The third kappa shape index (κ3) is 3.72. The molecule has 0 radical (unpaired) electrons. The Balaban J connectivity index is 2.24. The average molecular weight is 274 g/mol. The van der Waals surface area contributed by atoms with Crippen LogP contribution in [0.25, 0.3) is 0 Å². The Bertz CT molecular complexity index is 725. The molecule has 1 aliphatic heterocycles. The van der Waals surface area contributed by atoms with Gasteiger partial charge in [-0.1, -0.05) is 36.5 Å². The summed E-state index contributed by atoms with van der Waals surface area (Å²) in [5.41, 5.74) is 2.81. The van der Waals surface area contributed by atoms with Crippen LogP contribution >= 0.6 is 0 Å². The fraction of sp³-hybridized carbons (Fsp3) is 0.111. The molecule has 2 rings (SSSR count). The van der Waals surface area contributed by atoms with E-state index in [0.717, 1.165) is 17.6 Å². The van der Waals surface area contributed by atoms with E-state index in [9.17, 15) is 0 Å². The van der Waals surface area contributed by atoms with Gasteiger partial charge in [0.15, 0.2) is 0 Å². The minimum absolute atomic E-state index is 0.0802. The number of nitriles is 2. The second kappa shape index (κ2) is 6.41. The van der Waals surface area contributed by atoms with Crippen molar-refractivity contribution in [2.24, 2.45) is 0 Å². The molecule has 2 aliphatic rings. The van der Waals surface area contributed by atoms with E-state index in [1.165, 1.54) is 0 Å². The summed E-state index contributed by atoms with van der Waals surface area (Å²) in [6.07, 6.45) is 14.0. The number of ether oxygens (including phenoxy) is 1. The van der Waals surface area contributed by atoms with Gasteiger partial charge in [0.1, 0.15) is 29.2 Å². The maximum Gasteiger partial charge on any atom is 0.137 e. The van der Waals surface area contributed by atoms with Crippen LogP contribution in [-0.4, -0.2) is 0 Å². The van der Waals surface area contributed by atoms with Crippen LogP contribution in [0.15, 0.2) is 82.9 Å². The highest BCUT2D eigenvalue weighted by Gasteiger charge is 2.10. The summed E-state index contributed by atoms with van der Waals surface area (Å²) >= 11 is 0. The van der Waals surface area contributed by atoms with Crippen molar-refractivity contribution in [3.05, 3.63) is 82.9 Å². The van der Waals surface area contributed by atoms with Gasteiger partial charge in [-0.3, -0.25) is 0 Å². The van der Waals surface area contributed by atoms with E-state index >= 15 is 0 Å². The van der Waals surface area contributed by atoms with E-state index in [-0.39, 0.29) is 5.57 Å². The maximum absolute atomic E-state index is 8.94. The fourth-order valence-electron chi connectivity index (χ4n) is 1.94.